The monoisotopic (exact) mass is 719 g/mol. The van der Waals surface area contributed by atoms with Gasteiger partial charge in [-0.3, -0.25) is 23.9 Å². The van der Waals surface area contributed by atoms with Crippen LogP contribution in [-0.4, -0.2) is 82.6 Å². The second-order valence-electron chi connectivity index (χ2n) is 13.4. The van der Waals surface area contributed by atoms with Crippen molar-refractivity contribution in [1.82, 2.24) is 33.9 Å². The minimum absolute atomic E-state index is 0.0337. The molecule has 51 heavy (non-hydrogen) atoms. The molecule has 2 atom stereocenters. The summed E-state index contributed by atoms with van der Waals surface area (Å²) in [6, 6.07) is 13.5. The molecule has 4 aromatic heterocycles. The predicted octanol–water partition coefficient (Wildman–Crippen LogP) is 4.88. The number of benzene rings is 1. The quantitative estimate of drug-likeness (QED) is 0.265. The summed E-state index contributed by atoms with van der Waals surface area (Å²) >= 11 is 1.11. The van der Waals surface area contributed by atoms with Crippen molar-refractivity contribution in [3.63, 3.8) is 0 Å². The fraction of sp³-hybridized carbons (Fsp3) is 0.389. The molecule has 0 bridgehead atoms. The Balaban J connectivity index is 1.04. The first kappa shape index (κ1) is 34.6. The average molecular weight is 720 g/mol. The first-order chi connectivity index (χ1) is 24.3. The highest BCUT2D eigenvalue weighted by molar-refractivity contribution is 7.17. The third kappa shape index (κ3) is 6.79. The normalized spacial score (nSPS) is 19.4. The highest BCUT2D eigenvalue weighted by Gasteiger charge is 2.42. The summed E-state index contributed by atoms with van der Waals surface area (Å²) in [5, 5.41) is 12.4. The molecule has 0 saturated carbocycles. The van der Waals surface area contributed by atoms with Crippen LogP contribution in [0.4, 0.5) is 13.2 Å². The number of hydrogen-bond donors (Lipinski definition) is 1. The van der Waals surface area contributed by atoms with E-state index in [1.54, 1.807) is 33.6 Å². The van der Waals surface area contributed by atoms with Crippen LogP contribution in [0.1, 0.15) is 51.8 Å². The minimum Gasteiger partial charge on any atom is -0.388 e. The van der Waals surface area contributed by atoms with Crippen LogP contribution in [0.15, 0.2) is 72.0 Å². The molecule has 15 heteroatoms. The SMILES string of the molecule is Cc1nc(-c2ccc(C(F)(F)F)nc2)sc1C(=O)N1CC[C@@H](C(=O)N2CCC(O)(Cn3cnc4c(ccn4C)c3=O)CC2)[C@H](c2ccccc2)C1. The summed E-state index contributed by atoms with van der Waals surface area (Å²) in [4.78, 5) is 57.4. The molecule has 6 heterocycles. The van der Waals surface area contributed by atoms with Crippen molar-refractivity contribution < 1.29 is 27.9 Å². The number of aromatic nitrogens is 5. The number of halogens is 3. The molecule has 2 aliphatic rings. The van der Waals surface area contributed by atoms with E-state index in [2.05, 4.69) is 15.0 Å². The molecule has 0 radical (unpaired) electrons. The number of rotatable bonds is 6. The standard InChI is InChI=1S/C36H36F3N7O4S/c1-22-29(51-31(42-22)24-8-9-28(40-18-24)36(37,38)39)34(49)45-15-11-25(27(19-45)23-6-4-3-5-7-23)32(47)44-16-12-35(50,13-17-44)20-46-21-41-30-26(33(46)48)10-14-43(30)2/h3-10,14,18,21,25,27,50H,11-13,15-17,19-20H2,1-2H3/t25-,27+/m1/s1. The summed E-state index contributed by atoms with van der Waals surface area (Å²) < 4.78 is 42.3. The van der Waals surface area contributed by atoms with Gasteiger partial charge in [0.05, 0.1) is 23.2 Å². The lowest BCUT2D eigenvalue weighted by Crippen LogP contribution is -2.53. The molecule has 266 valence electrons. The van der Waals surface area contributed by atoms with E-state index in [4.69, 9.17) is 0 Å². The summed E-state index contributed by atoms with van der Waals surface area (Å²) in [7, 11) is 1.81. The Hall–Kier alpha value is -4.89. The van der Waals surface area contributed by atoms with Crippen molar-refractivity contribution >= 4 is 34.2 Å². The van der Waals surface area contributed by atoms with Crippen LogP contribution in [0.2, 0.25) is 0 Å². The molecule has 2 saturated heterocycles. The number of piperidine rings is 2. The highest BCUT2D eigenvalue weighted by Crippen LogP contribution is 2.38. The van der Waals surface area contributed by atoms with Gasteiger partial charge in [-0.1, -0.05) is 30.3 Å². The van der Waals surface area contributed by atoms with Crippen LogP contribution in [0, 0.1) is 12.8 Å². The van der Waals surface area contributed by atoms with Crippen LogP contribution in [0.25, 0.3) is 21.6 Å². The van der Waals surface area contributed by atoms with E-state index in [1.807, 2.05) is 37.4 Å². The molecule has 0 aliphatic carbocycles. The lowest BCUT2D eigenvalue weighted by molar-refractivity contribution is -0.142. The van der Waals surface area contributed by atoms with E-state index in [9.17, 15) is 32.7 Å². The van der Waals surface area contributed by atoms with Gasteiger partial charge in [-0.15, -0.1) is 11.3 Å². The molecular formula is C36H36F3N7O4S. The smallest absolute Gasteiger partial charge is 0.388 e. The van der Waals surface area contributed by atoms with E-state index in [1.165, 1.54) is 17.0 Å². The van der Waals surface area contributed by atoms with Crippen LogP contribution in [0.3, 0.4) is 0 Å². The topological polar surface area (TPSA) is 126 Å². The Morgan fingerprint density at radius 3 is 2.45 bits per heavy atom. The number of fused-ring (bicyclic) bond motifs is 1. The number of carbonyl (C=O) groups excluding carboxylic acids is 2. The lowest BCUT2D eigenvalue weighted by atomic mass is 9.79. The van der Waals surface area contributed by atoms with Crippen LogP contribution >= 0.6 is 11.3 Å². The average Bonchev–Trinajstić information content (AvgIpc) is 3.71. The fourth-order valence-electron chi connectivity index (χ4n) is 7.17. The van der Waals surface area contributed by atoms with Crippen molar-refractivity contribution in [2.45, 2.75) is 50.4 Å². The molecule has 2 amide bonds. The van der Waals surface area contributed by atoms with Crippen molar-refractivity contribution in [2.24, 2.45) is 13.0 Å². The van der Waals surface area contributed by atoms with Gasteiger partial charge in [0, 0.05) is 63.0 Å². The number of aryl methyl sites for hydroxylation is 2. The first-order valence-electron chi connectivity index (χ1n) is 16.7. The molecule has 11 nitrogen and oxygen atoms in total. The summed E-state index contributed by atoms with van der Waals surface area (Å²) in [6.07, 6.45) is 0.805. The van der Waals surface area contributed by atoms with E-state index >= 15 is 0 Å². The summed E-state index contributed by atoms with van der Waals surface area (Å²) in [6.45, 7) is 3.06. The predicted molar refractivity (Wildman–Crippen MR) is 184 cm³/mol. The van der Waals surface area contributed by atoms with Crippen molar-refractivity contribution in [1.29, 1.82) is 0 Å². The van der Waals surface area contributed by atoms with Gasteiger partial charge in [0.25, 0.3) is 11.5 Å². The Morgan fingerprint density at radius 1 is 1.02 bits per heavy atom. The zero-order valence-electron chi connectivity index (χ0n) is 28.0. The second-order valence-corrected chi connectivity index (χ2v) is 14.4. The number of alkyl halides is 3. The molecule has 0 unspecified atom stereocenters. The van der Waals surface area contributed by atoms with E-state index in [0.717, 1.165) is 29.2 Å². The van der Waals surface area contributed by atoms with Gasteiger partial charge in [0.15, 0.2) is 0 Å². The second kappa shape index (κ2) is 13.3. The number of thiazole rings is 1. The number of nitrogens with zero attached hydrogens (tertiary/aromatic N) is 7. The van der Waals surface area contributed by atoms with Gasteiger partial charge in [-0.2, -0.15) is 13.2 Å². The molecule has 2 fully saturated rings. The number of hydrogen-bond acceptors (Lipinski definition) is 8. The van der Waals surface area contributed by atoms with Crippen LogP contribution in [-0.2, 0) is 24.6 Å². The molecule has 1 N–H and O–H groups in total. The molecule has 7 rings (SSSR count). The van der Waals surface area contributed by atoms with Crippen LogP contribution in [0.5, 0.6) is 0 Å². The molecule has 1 aromatic carbocycles. The van der Waals surface area contributed by atoms with E-state index < -0.39 is 23.4 Å². The third-order valence-electron chi connectivity index (χ3n) is 10.1. The summed E-state index contributed by atoms with van der Waals surface area (Å²) in [5.74, 6) is -0.962. The molecule has 2 aliphatic heterocycles. The summed E-state index contributed by atoms with van der Waals surface area (Å²) in [5.41, 5.74) is -0.0411. The number of aliphatic hydroxyl groups is 1. The maximum absolute atomic E-state index is 14.1. The lowest BCUT2D eigenvalue weighted by Gasteiger charge is -2.43. The third-order valence-corrected chi connectivity index (χ3v) is 11.3. The first-order valence-corrected chi connectivity index (χ1v) is 17.5. The largest absolute Gasteiger partial charge is 0.433 e. The van der Waals surface area contributed by atoms with Gasteiger partial charge in [0.1, 0.15) is 27.6 Å². The van der Waals surface area contributed by atoms with E-state index in [0.29, 0.717) is 77.6 Å². The Kier molecular flexibility index (Phi) is 9.04. The Labute approximate surface area is 295 Å². The van der Waals surface area contributed by atoms with Gasteiger partial charge in [-0.05, 0) is 49.9 Å². The highest BCUT2D eigenvalue weighted by atomic mass is 32.1. The van der Waals surface area contributed by atoms with Crippen molar-refractivity contribution in [3.8, 4) is 10.6 Å². The Morgan fingerprint density at radius 2 is 1.76 bits per heavy atom. The van der Waals surface area contributed by atoms with Crippen LogP contribution < -0.4 is 5.56 Å². The number of amides is 2. The fourth-order valence-corrected chi connectivity index (χ4v) is 8.19. The zero-order chi connectivity index (χ0) is 36.1. The van der Waals surface area contributed by atoms with Gasteiger partial charge >= 0.3 is 6.18 Å². The maximum atomic E-state index is 14.1. The minimum atomic E-state index is -4.56. The van der Waals surface area contributed by atoms with Gasteiger partial charge in [-0.25, -0.2) is 9.97 Å². The molecular weight excluding hydrogens is 684 g/mol. The van der Waals surface area contributed by atoms with Gasteiger partial charge in [0.2, 0.25) is 5.91 Å². The Bertz CT molecular complexity index is 2140. The van der Waals surface area contributed by atoms with Crippen molar-refractivity contribution in [3.05, 3.63) is 99.4 Å². The number of likely N-dealkylation sites (tertiary alicyclic amines) is 2. The van der Waals surface area contributed by atoms with Crippen molar-refractivity contribution in [2.75, 3.05) is 26.2 Å². The molecule has 5 aromatic rings. The number of pyridine rings is 1. The van der Waals surface area contributed by atoms with E-state index in [-0.39, 0.29) is 29.8 Å². The zero-order valence-corrected chi connectivity index (χ0v) is 28.8. The maximum Gasteiger partial charge on any atom is 0.433 e. The number of carbonyl (C=O) groups is 2. The van der Waals surface area contributed by atoms with Gasteiger partial charge < -0.3 is 19.5 Å². The molecule has 0 spiro atoms.